The molecule has 58 heavy (non-hydrogen) atoms. The number of carbonyl (C=O) groups is 6. The number of imide groups is 2. The Bertz CT molecular complexity index is 2200. The first-order chi connectivity index (χ1) is 27.7. The Balaban J connectivity index is 0.694. The lowest BCUT2D eigenvalue weighted by Gasteiger charge is -2.49. The van der Waals surface area contributed by atoms with E-state index >= 15 is 0 Å². The molecule has 4 aliphatic heterocycles. The number of fused-ring (bicyclic) bond motifs is 3. The molecule has 3 N–H and O–H groups in total. The zero-order valence-corrected chi connectivity index (χ0v) is 32.4. The van der Waals surface area contributed by atoms with Crippen LogP contribution in [0.1, 0.15) is 82.0 Å². The molecule has 9 rings (SSSR count). The SMILES string of the molecule is CC(CCC(=O)NC=O)N1C(=O)c2ccc(N3CCC(N4CC(C(=O)N5CC(Cn6cc(NC(=O)c7n[nH]c8c7CC7C(F)(F)C7(C)C8)cn6)C5)C4)CC3)cc2C1=O. The van der Waals surface area contributed by atoms with Crippen LogP contribution in [0.25, 0.3) is 0 Å². The molecule has 3 atom stereocenters. The molecule has 16 nitrogen and oxygen atoms in total. The van der Waals surface area contributed by atoms with E-state index in [4.69, 9.17) is 0 Å². The molecule has 0 bridgehead atoms. The molecule has 4 fully saturated rings. The Morgan fingerprint density at radius 2 is 1.81 bits per heavy atom. The highest BCUT2D eigenvalue weighted by Gasteiger charge is 2.78. The van der Waals surface area contributed by atoms with Crippen molar-refractivity contribution in [3.8, 4) is 0 Å². The van der Waals surface area contributed by atoms with Gasteiger partial charge in [-0.05, 0) is 50.8 Å². The van der Waals surface area contributed by atoms with Gasteiger partial charge in [-0.25, -0.2) is 8.78 Å². The number of likely N-dealkylation sites (tertiary alicyclic amines) is 2. The Labute approximate surface area is 332 Å². The van der Waals surface area contributed by atoms with Gasteiger partial charge in [-0.1, -0.05) is 6.92 Å². The van der Waals surface area contributed by atoms with Gasteiger partial charge >= 0.3 is 0 Å². The highest BCUT2D eigenvalue weighted by molar-refractivity contribution is 6.22. The number of hydrogen-bond donors (Lipinski definition) is 3. The molecular weight excluding hydrogens is 754 g/mol. The topological polar surface area (TPSA) is 186 Å². The minimum atomic E-state index is -2.74. The molecule has 306 valence electrons. The number of nitrogens with one attached hydrogen (secondary N) is 3. The summed E-state index contributed by atoms with van der Waals surface area (Å²) >= 11 is 0. The number of rotatable bonds is 12. The summed E-state index contributed by atoms with van der Waals surface area (Å²) in [6.07, 6.45) is 5.99. The molecule has 1 aromatic carbocycles. The molecule has 6 amide bonds. The minimum Gasteiger partial charge on any atom is -0.371 e. The Morgan fingerprint density at radius 1 is 1.07 bits per heavy atom. The summed E-state index contributed by atoms with van der Waals surface area (Å²) in [7, 11) is 0. The number of H-pyrrole nitrogens is 1. The van der Waals surface area contributed by atoms with Gasteiger partial charge in [-0.2, -0.15) is 10.2 Å². The van der Waals surface area contributed by atoms with E-state index < -0.39 is 35.1 Å². The highest BCUT2D eigenvalue weighted by atomic mass is 19.3. The first kappa shape index (κ1) is 38.0. The van der Waals surface area contributed by atoms with Gasteiger partial charge in [-0.15, -0.1) is 0 Å². The largest absolute Gasteiger partial charge is 0.371 e. The summed E-state index contributed by atoms with van der Waals surface area (Å²) in [6.45, 7) is 8.21. The smallest absolute Gasteiger partial charge is 0.276 e. The lowest BCUT2D eigenvalue weighted by molar-refractivity contribution is -0.149. The maximum absolute atomic E-state index is 14.3. The second kappa shape index (κ2) is 14.1. The number of benzene rings is 1. The van der Waals surface area contributed by atoms with Gasteiger partial charge in [0.25, 0.3) is 23.6 Å². The van der Waals surface area contributed by atoms with Gasteiger partial charge in [0.15, 0.2) is 5.69 Å². The lowest BCUT2D eigenvalue weighted by atomic mass is 9.87. The number of amides is 6. The van der Waals surface area contributed by atoms with Crippen LogP contribution in [0.2, 0.25) is 0 Å². The van der Waals surface area contributed by atoms with Crippen LogP contribution in [0.4, 0.5) is 20.2 Å². The maximum Gasteiger partial charge on any atom is 0.276 e. The predicted molar refractivity (Wildman–Crippen MR) is 203 cm³/mol. The molecule has 0 radical (unpaired) electrons. The molecule has 3 saturated heterocycles. The first-order valence-electron chi connectivity index (χ1n) is 20.1. The zero-order valence-electron chi connectivity index (χ0n) is 32.4. The summed E-state index contributed by atoms with van der Waals surface area (Å²) in [5, 5.41) is 16.2. The minimum absolute atomic E-state index is 0.0197. The number of carbonyl (C=O) groups excluding carboxylic acids is 6. The highest BCUT2D eigenvalue weighted by Crippen LogP contribution is 2.70. The van der Waals surface area contributed by atoms with Gasteiger partial charge in [0.1, 0.15) is 0 Å². The summed E-state index contributed by atoms with van der Waals surface area (Å²) < 4.78 is 30.4. The number of nitrogens with zero attached hydrogens (tertiary/aromatic N) is 7. The van der Waals surface area contributed by atoms with Crippen LogP contribution in [0.5, 0.6) is 0 Å². The van der Waals surface area contributed by atoms with Crippen molar-refractivity contribution in [3.05, 3.63) is 58.7 Å². The van der Waals surface area contributed by atoms with Gasteiger partial charge in [0.05, 0.1) is 28.9 Å². The van der Waals surface area contributed by atoms with Crippen LogP contribution in [0.3, 0.4) is 0 Å². The quantitative estimate of drug-likeness (QED) is 0.182. The number of halogens is 2. The number of piperidine rings is 1. The third-order valence-electron chi connectivity index (χ3n) is 13.6. The van der Waals surface area contributed by atoms with E-state index in [1.807, 2.05) is 11.0 Å². The molecule has 3 unspecified atom stereocenters. The third kappa shape index (κ3) is 6.35. The molecule has 6 aliphatic rings. The average Bonchev–Trinajstić information content (AvgIpc) is 3.66. The van der Waals surface area contributed by atoms with Crippen LogP contribution >= 0.6 is 0 Å². The Morgan fingerprint density at radius 3 is 2.55 bits per heavy atom. The fraction of sp³-hybridized carbons (Fsp3) is 0.550. The number of aromatic amines is 1. The van der Waals surface area contributed by atoms with E-state index in [-0.39, 0.29) is 60.9 Å². The monoisotopic (exact) mass is 800 g/mol. The van der Waals surface area contributed by atoms with Crippen molar-refractivity contribution < 1.29 is 37.5 Å². The van der Waals surface area contributed by atoms with Crippen molar-refractivity contribution in [1.82, 2.24) is 40.0 Å². The molecule has 3 aromatic rings. The fourth-order valence-corrected chi connectivity index (χ4v) is 9.81. The van der Waals surface area contributed by atoms with E-state index in [9.17, 15) is 37.5 Å². The average molecular weight is 801 g/mol. The van der Waals surface area contributed by atoms with Gasteiger partial charge in [-0.3, -0.25) is 53.7 Å². The first-order valence-corrected chi connectivity index (χ1v) is 20.1. The zero-order chi connectivity index (χ0) is 40.7. The van der Waals surface area contributed by atoms with E-state index in [1.54, 1.807) is 43.1 Å². The third-order valence-corrected chi connectivity index (χ3v) is 13.6. The van der Waals surface area contributed by atoms with Crippen molar-refractivity contribution >= 4 is 47.3 Å². The van der Waals surface area contributed by atoms with Crippen molar-refractivity contribution in [1.29, 1.82) is 0 Å². The lowest BCUT2D eigenvalue weighted by Crippen LogP contribution is -2.62. The summed E-state index contributed by atoms with van der Waals surface area (Å²) in [4.78, 5) is 82.6. The second-order valence-corrected chi connectivity index (χ2v) is 17.2. The van der Waals surface area contributed by atoms with E-state index in [1.165, 1.54) is 4.90 Å². The van der Waals surface area contributed by atoms with E-state index in [0.717, 1.165) is 44.7 Å². The number of hydrogen-bond acceptors (Lipinski definition) is 10. The van der Waals surface area contributed by atoms with Crippen molar-refractivity contribution in [2.75, 3.05) is 49.5 Å². The van der Waals surface area contributed by atoms with Crippen LogP contribution < -0.4 is 15.5 Å². The standard InChI is InChI=1S/C40H46F2N10O6/c1-22(3-6-33(54)43-21-53)52-37(57)28-5-4-27(11-29(28)38(52)58)48-9-7-26(8-10-48)49-18-24(19-49)36(56)50-15-23(16-50)17-51-20-25(14-44-51)45-35(55)34-30-12-32-39(2,40(32,41)42)13-31(30)46-47-34/h4-5,11,14,20-24,26,32H,3,6-10,12-13,15-19H2,1-2H3,(H,45,55)(H,46,47)(H,43,53,54). The van der Waals surface area contributed by atoms with Gasteiger partial charge in [0, 0.05) is 111 Å². The molecule has 0 spiro atoms. The predicted octanol–water partition coefficient (Wildman–Crippen LogP) is 2.33. The molecule has 18 heteroatoms. The Hall–Kier alpha value is -5.52. The number of alkyl halides is 2. The van der Waals surface area contributed by atoms with Crippen LogP contribution in [0, 0.1) is 23.2 Å². The van der Waals surface area contributed by atoms with Gasteiger partial charge < -0.3 is 15.1 Å². The normalized spacial score (nSPS) is 24.7. The van der Waals surface area contributed by atoms with E-state index in [0.29, 0.717) is 60.2 Å². The number of aromatic nitrogens is 4. The molecule has 6 heterocycles. The fourth-order valence-electron chi connectivity index (χ4n) is 9.81. The summed E-state index contributed by atoms with van der Waals surface area (Å²) in [6, 6.07) is 5.23. The second-order valence-electron chi connectivity index (χ2n) is 17.2. The van der Waals surface area contributed by atoms with Crippen molar-refractivity contribution in [3.63, 3.8) is 0 Å². The van der Waals surface area contributed by atoms with Crippen LogP contribution in [-0.2, 0) is 33.8 Å². The molecule has 1 saturated carbocycles. The van der Waals surface area contributed by atoms with Crippen molar-refractivity contribution in [2.24, 2.45) is 23.2 Å². The van der Waals surface area contributed by atoms with Crippen LogP contribution in [-0.4, -0.2) is 128 Å². The molecule has 2 aliphatic carbocycles. The van der Waals surface area contributed by atoms with Crippen molar-refractivity contribution in [2.45, 2.75) is 76.9 Å². The van der Waals surface area contributed by atoms with Gasteiger partial charge in [0.2, 0.25) is 18.2 Å². The van der Waals surface area contributed by atoms with Crippen LogP contribution in [0.15, 0.2) is 30.6 Å². The summed E-state index contributed by atoms with van der Waals surface area (Å²) in [5.41, 5.74) is 2.32. The molecular formula is C40H46F2N10O6. The number of anilines is 2. The maximum atomic E-state index is 14.3. The molecule has 2 aromatic heterocycles. The summed E-state index contributed by atoms with van der Waals surface area (Å²) in [5.74, 6) is -4.80. The van der Waals surface area contributed by atoms with E-state index in [2.05, 4.69) is 35.7 Å². The Kier molecular flexibility index (Phi) is 9.24.